The third-order valence-corrected chi connectivity index (χ3v) is 5.71. The number of hydrogen-bond acceptors (Lipinski definition) is 5. The quantitative estimate of drug-likeness (QED) is 0.412. The Morgan fingerprint density at radius 2 is 1.88 bits per heavy atom. The van der Waals surface area contributed by atoms with Crippen LogP contribution in [0.25, 0.3) is 22.3 Å². The van der Waals surface area contributed by atoms with Crippen LogP contribution < -0.4 is 5.32 Å². The van der Waals surface area contributed by atoms with Gasteiger partial charge in [0.25, 0.3) is 5.78 Å². The van der Waals surface area contributed by atoms with Gasteiger partial charge in [-0.3, -0.25) is 9.20 Å². The number of benzene rings is 2. The minimum absolute atomic E-state index is 0.0342. The largest absolute Gasteiger partial charge is 0.356 e. The minimum Gasteiger partial charge on any atom is -0.356 e. The maximum atomic E-state index is 12.3. The second kappa shape index (κ2) is 8.55. The molecule has 0 spiro atoms. The molecule has 5 rings (SSSR count). The minimum atomic E-state index is 0.0342. The van der Waals surface area contributed by atoms with E-state index in [1.54, 1.807) is 4.52 Å². The lowest BCUT2D eigenvalue weighted by Crippen LogP contribution is -2.25. The number of para-hydroxylation sites is 1. The molecular formula is C23H22ClN7O. The van der Waals surface area contributed by atoms with Crippen molar-refractivity contribution in [2.45, 2.75) is 32.6 Å². The van der Waals surface area contributed by atoms with Gasteiger partial charge in [0, 0.05) is 29.8 Å². The van der Waals surface area contributed by atoms with Gasteiger partial charge >= 0.3 is 0 Å². The molecule has 1 amide bonds. The number of rotatable bonds is 7. The van der Waals surface area contributed by atoms with Gasteiger partial charge < -0.3 is 5.32 Å². The van der Waals surface area contributed by atoms with Crippen molar-refractivity contribution in [3.05, 3.63) is 70.8 Å². The standard InChI is InChI=1S/C23H22ClN7O/c1-15-26-22-18-5-2-3-6-19(18)30-20(27-28-23(30)31(22)29-15)7-4-8-21(32)25-14-13-16-9-11-17(24)12-10-16/h2-3,5-6,9-12H,4,7-8,13-14H2,1H3,(H,25,32). The summed E-state index contributed by atoms with van der Waals surface area (Å²) in [5.41, 5.74) is 2.89. The predicted molar refractivity (Wildman–Crippen MR) is 123 cm³/mol. The SMILES string of the molecule is Cc1nc2c3ccccc3n3c(CCCC(=O)NCCc4ccc(Cl)cc4)nnc3n2n1. The lowest BCUT2D eigenvalue weighted by Gasteiger charge is -2.07. The average Bonchev–Trinajstić information content (AvgIpc) is 3.39. The highest BCUT2D eigenvalue weighted by molar-refractivity contribution is 6.30. The summed E-state index contributed by atoms with van der Waals surface area (Å²) in [6.07, 6.45) is 2.51. The molecule has 3 heterocycles. The zero-order valence-electron chi connectivity index (χ0n) is 17.6. The molecule has 0 saturated heterocycles. The molecule has 32 heavy (non-hydrogen) atoms. The Morgan fingerprint density at radius 1 is 1.06 bits per heavy atom. The smallest absolute Gasteiger partial charge is 0.258 e. The molecule has 0 saturated carbocycles. The summed E-state index contributed by atoms with van der Waals surface area (Å²) in [6.45, 7) is 2.46. The van der Waals surface area contributed by atoms with E-state index in [1.807, 2.05) is 59.9 Å². The molecule has 0 bridgehead atoms. The summed E-state index contributed by atoms with van der Waals surface area (Å²) < 4.78 is 3.74. The number of aromatic nitrogens is 6. The van der Waals surface area contributed by atoms with Gasteiger partial charge in [-0.2, -0.15) is 4.52 Å². The van der Waals surface area contributed by atoms with Crippen molar-refractivity contribution in [2.24, 2.45) is 0 Å². The third-order valence-electron chi connectivity index (χ3n) is 5.45. The Hall–Kier alpha value is -3.52. The number of halogens is 1. The Bertz CT molecular complexity index is 1420. The number of nitrogens with one attached hydrogen (secondary N) is 1. The van der Waals surface area contributed by atoms with E-state index in [0.29, 0.717) is 42.4 Å². The van der Waals surface area contributed by atoms with Crippen LogP contribution in [-0.4, -0.2) is 41.6 Å². The number of aryl methyl sites for hydroxylation is 2. The summed E-state index contributed by atoms with van der Waals surface area (Å²) in [4.78, 5) is 16.8. The van der Waals surface area contributed by atoms with Gasteiger partial charge in [-0.1, -0.05) is 35.9 Å². The maximum absolute atomic E-state index is 12.3. The molecule has 0 unspecified atom stereocenters. The first kappa shape index (κ1) is 20.4. The van der Waals surface area contributed by atoms with Gasteiger partial charge in [0.1, 0.15) is 11.6 Å². The van der Waals surface area contributed by atoms with E-state index >= 15 is 0 Å². The van der Waals surface area contributed by atoms with Crippen LogP contribution in [0.15, 0.2) is 48.5 Å². The fourth-order valence-electron chi connectivity index (χ4n) is 3.93. The number of nitrogens with zero attached hydrogens (tertiary/aromatic N) is 6. The summed E-state index contributed by atoms with van der Waals surface area (Å²) in [7, 11) is 0. The van der Waals surface area contributed by atoms with Crippen LogP contribution in [0, 0.1) is 6.92 Å². The normalized spacial score (nSPS) is 11.6. The van der Waals surface area contributed by atoms with Crippen LogP contribution in [0.5, 0.6) is 0 Å². The topological polar surface area (TPSA) is 89.5 Å². The van der Waals surface area contributed by atoms with Crippen molar-refractivity contribution in [1.82, 2.24) is 34.5 Å². The zero-order chi connectivity index (χ0) is 22.1. The fraction of sp³-hybridized carbons (Fsp3) is 0.261. The first-order valence-corrected chi connectivity index (χ1v) is 11.0. The Morgan fingerprint density at radius 3 is 2.72 bits per heavy atom. The highest BCUT2D eigenvalue weighted by atomic mass is 35.5. The van der Waals surface area contributed by atoms with Crippen molar-refractivity contribution < 1.29 is 4.79 Å². The fourth-order valence-corrected chi connectivity index (χ4v) is 4.06. The predicted octanol–water partition coefficient (Wildman–Crippen LogP) is 3.57. The first-order chi connectivity index (χ1) is 15.6. The van der Waals surface area contributed by atoms with Crippen molar-refractivity contribution in [2.75, 3.05) is 6.54 Å². The van der Waals surface area contributed by atoms with Crippen LogP contribution in [0.2, 0.25) is 5.02 Å². The molecule has 0 radical (unpaired) electrons. The van der Waals surface area contributed by atoms with Crippen LogP contribution in [-0.2, 0) is 17.6 Å². The van der Waals surface area contributed by atoms with Crippen LogP contribution in [0.4, 0.5) is 0 Å². The van der Waals surface area contributed by atoms with Gasteiger partial charge in [-0.15, -0.1) is 15.3 Å². The molecule has 0 atom stereocenters. The Kier molecular flexibility index (Phi) is 5.45. The van der Waals surface area contributed by atoms with E-state index in [0.717, 1.165) is 34.4 Å². The van der Waals surface area contributed by atoms with Crippen molar-refractivity contribution in [1.29, 1.82) is 0 Å². The number of hydrogen-bond donors (Lipinski definition) is 1. The highest BCUT2D eigenvalue weighted by Crippen LogP contribution is 2.22. The van der Waals surface area contributed by atoms with Gasteiger partial charge in [-0.05, 0) is 49.6 Å². The number of carbonyl (C=O) groups excluding carboxylic acids is 1. The summed E-state index contributed by atoms with van der Waals surface area (Å²) in [6, 6.07) is 15.7. The third kappa shape index (κ3) is 3.89. The number of fused-ring (bicyclic) bond motifs is 6. The molecule has 1 N–H and O–H groups in total. The molecule has 3 aromatic heterocycles. The molecule has 0 aliphatic carbocycles. The summed E-state index contributed by atoms with van der Waals surface area (Å²) in [5.74, 6) is 2.15. The molecule has 5 aromatic rings. The molecule has 0 fully saturated rings. The summed E-state index contributed by atoms with van der Waals surface area (Å²) in [5, 5.41) is 17.9. The van der Waals surface area contributed by atoms with Crippen LogP contribution in [0.1, 0.15) is 30.1 Å². The molecule has 2 aromatic carbocycles. The van der Waals surface area contributed by atoms with Gasteiger partial charge in [0.15, 0.2) is 5.65 Å². The number of amides is 1. The maximum Gasteiger partial charge on any atom is 0.258 e. The zero-order valence-corrected chi connectivity index (χ0v) is 18.4. The second-order valence-electron chi connectivity index (χ2n) is 7.74. The lowest BCUT2D eigenvalue weighted by molar-refractivity contribution is -0.121. The lowest BCUT2D eigenvalue weighted by atomic mass is 10.1. The Labute approximate surface area is 189 Å². The van der Waals surface area contributed by atoms with E-state index in [1.165, 1.54) is 0 Å². The van der Waals surface area contributed by atoms with Gasteiger partial charge in [0.2, 0.25) is 5.91 Å². The monoisotopic (exact) mass is 447 g/mol. The second-order valence-corrected chi connectivity index (χ2v) is 8.18. The first-order valence-electron chi connectivity index (χ1n) is 10.6. The van der Waals surface area contributed by atoms with Crippen molar-refractivity contribution in [3.8, 4) is 0 Å². The van der Waals surface area contributed by atoms with E-state index in [9.17, 15) is 4.79 Å². The molecule has 8 nitrogen and oxygen atoms in total. The molecular weight excluding hydrogens is 426 g/mol. The molecule has 0 aliphatic rings. The van der Waals surface area contributed by atoms with Crippen LogP contribution >= 0.6 is 11.6 Å². The molecule has 9 heteroatoms. The number of carbonyl (C=O) groups is 1. The highest BCUT2D eigenvalue weighted by Gasteiger charge is 2.16. The summed E-state index contributed by atoms with van der Waals surface area (Å²) >= 11 is 5.90. The Balaban J connectivity index is 1.27. The van der Waals surface area contributed by atoms with Gasteiger partial charge in [-0.25, -0.2) is 4.98 Å². The molecule has 162 valence electrons. The van der Waals surface area contributed by atoms with Crippen LogP contribution in [0.3, 0.4) is 0 Å². The average molecular weight is 448 g/mol. The molecule has 0 aliphatic heterocycles. The van der Waals surface area contributed by atoms with E-state index in [2.05, 4.69) is 25.6 Å². The van der Waals surface area contributed by atoms with E-state index in [4.69, 9.17) is 11.6 Å². The van der Waals surface area contributed by atoms with Crippen molar-refractivity contribution in [3.63, 3.8) is 0 Å². The van der Waals surface area contributed by atoms with E-state index in [-0.39, 0.29) is 5.91 Å². The van der Waals surface area contributed by atoms with Gasteiger partial charge in [0.05, 0.1) is 5.52 Å². The van der Waals surface area contributed by atoms with Crippen molar-refractivity contribution >= 4 is 39.8 Å². The van der Waals surface area contributed by atoms with E-state index < -0.39 is 0 Å².